The molecule has 128 valence electrons. The number of aryl methyl sites for hydroxylation is 1. The fourth-order valence-corrected chi connectivity index (χ4v) is 3.19. The fraction of sp³-hybridized carbons (Fsp3) is 0.471. The molecule has 2 aromatic rings. The average Bonchev–Trinajstić information content (AvgIpc) is 3.22. The van der Waals surface area contributed by atoms with Crippen LogP contribution in [0.25, 0.3) is 0 Å². The van der Waals surface area contributed by atoms with Crippen molar-refractivity contribution in [3.05, 3.63) is 46.6 Å². The standard InChI is InChI=1S/C17H21ClN4O2/c1-12-21-16(22-24-12)17(8-2-3-9-17)20-11-15(23)19-10-13-4-6-14(18)7-5-13/h4-7,20H,2-3,8-11H2,1H3,(H,19,23). The van der Waals surface area contributed by atoms with E-state index in [4.69, 9.17) is 16.1 Å². The Morgan fingerprint density at radius 1 is 1.29 bits per heavy atom. The Morgan fingerprint density at radius 3 is 2.62 bits per heavy atom. The predicted octanol–water partition coefficient (Wildman–Crippen LogP) is 2.71. The summed E-state index contributed by atoms with van der Waals surface area (Å²) >= 11 is 5.86. The number of aromatic nitrogens is 2. The van der Waals surface area contributed by atoms with Crippen molar-refractivity contribution < 1.29 is 9.32 Å². The van der Waals surface area contributed by atoms with Crippen LogP contribution in [0.5, 0.6) is 0 Å². The van der Waals surface area contributed by atoms with Gasteiger partial charge in [0.2, 0.25) is 11.8 Å². The molecular weight excluding hydrogens is 328 g/mol. The summed E-state index contributed by atoms with van der Waals surface area (Å²) in [5.74, 6) is 1.14. The molecule has 1 saturated carbocycles. The van der Waals surface area contributed by atoms with Gasteiger partial charge in [0, 0.05) is 18.5 Å². The van der Waals surface area contributed by atoms with Crippen LogP contribution in [0.1, 0.15) is 43.0 Å². The molecular formula is C17H21ClN4O2. The largest absolute Gasteiger partial charge is 0.351 e. The topological polar surface area (TPSA) is 80.0 Å². The van der Waals surface area contributed by atoms with E-state index in [1.54, 1.807) is 6.92 Å². The molecule has 0 radical (unpaired) electrons. The maximum absolute atomic E-state index is 12.2. The summed E-state index contributed by atoms with van der Waals surface area (Å²) in [7, 11) is 0. The molecule has 1 aliphatic carbocycles. The molecule has 0 saturated heterocycles. The molecule has 1 amide bonds. The molecule has 7 heteroatoms. The van der Waals surface area contributed by atoms with Gasteiger partial charge in [-0.05, 0) is 30.5 Å². The second kappa shape index (κ2) is 7.32. The van der Waals surface area contributed by atoms with Crippen molar-refractivity contribution in [2.24, 2.45) is 0 Å². The van der Waals surface area contributed by atoms with Crippen molar-refractivity contribution in [2.75, 3.05) is 6.54 Å². The van der Waals surface area contributed by atoms with Crippen molar-refractivity contribution in [1.82, 2.24) is 20.8 Å². The van der Waals surface area contributed by atoms with E-state index in [0.29, 0.717) is 23.3 Å². The molecule has 1 aromatic carbocycles. The van der Waals surface area contributed by atoms with Gasteiger partial charge in [0.15, 0.2) is 5.82 Å². The molecule has 1 fully saturated rings. The van der Waals surface area contributed by atoms with Crippen LogP contribution in [0.4, 0.5) is 0 Å². The Kier molecular flexibility index (Phi) is 5.16. The molecule has 24 heavy (non-hydrogen) atoms. The highest BCUT2D eigenvalue weighted by Gasteiger charge is 2.39. The number of carbonyl (C=O) groups excluding carboxylic acids is 1. The van der Waals surface area contributed by atoms with Crippen LogP contribution in [0.15, 0.2) is 28.8 Å². The first-order valence-corrected chi connectivity index (χ1v) is 8.52. The highest BCUT2D eigenvalue weighted by molar-refractivity contribution is 6.30. The molecule has 2 N–H and O–H groups in total. The lowest BCUT2D eigenvalue weighted by molar-refractivity contribution is -0.120. The first kappa shape index (κ1) is 16.9. The highest BCUT2D eigenvalue weighted by Crippen LogP contribution is 2.37. The predicted molar refractivity (Wildman–Crippen MR) is 90.5 cm³/mol. The van der Waals surface area contributed by atoms with E-state index in [0.717, 1.165) is 31.2 Å². The van der Waals surface area contributed by atoms with Gasteiger partial charge in [0.1, 0.15) is 0 Å². The second-order valence-corrected chi connectivity index (χ2v) is 6.62. The first-order chi connectivity index (χ1) is 11.6. The van der Waals surface area contributed by atoms with Crippen molar-refractivity contribution >= 4 is 17.5 Å². The summed E-state index contributed by atoms with van der Waals surface area (Å²) in [5, 5.41) is 11.0. The number of benzene rings is 1. The van der Waals surface area contributed by atoms with Gasteiger partial charge in [-0.1, -0.05) is 41.7 Å². The Labute approximate surface area is 146 Å². The number of hydrogen-bond acceptors (Lipinski definition) is 5. The molecule has 0 aliphatic heterocycles. The van der Waals surface area contributed by atoms with Gasteiger partial charge in [-0.15, -0.1) is 0 Å². The van der Waals surface area contributed by atoms with Gasteiger partial charge in [0.25, 0.3) is 0 Å². The van der Waals surface area contributed by atoms with Crippen LogP contribution in [-0.4, -0.2) is 22.6 Å². The quantitative estimate of drug-likeness (QED) is 0.839. The van der Waals surface area contributed by atoms with Crippen molar-refractivity contribution in [3.8, 4) is 0 Å². The maximum Gasteiger partial charge on any atom is 0.234 e. The lowest BCUT2D eigenvalue weighted by Gasteiger charge is -2.26. The zero-order chi connectivity index (χ0) is 17.0. The summed E-state index contributed by atoms with van der Waals surface area (Å²) < 4.78 is 5.11. The van der Waals surface area contributed by atoms with Crippen LogP contribution in [0, 0.1) is 6.92 Å². The number of halogens is 1. The van der Waals surface area contributed by atoms with Crippen LogP contribution < -0.4 is 10.6 Å². The van der Waals surface area contributed by atoms with E-state index in [1.165, 1.54) is 0 Å². The Morgan fingerprint density at radius 2 is 2.00 bits per heavy atom. The summed E-state index contributed by atoms with van der Waals surface area (Å²) in [5.41, 5.74) is 0.659. The van der Waals surface area contributed by atoms with E-state index in [-0.39, 0.29) is 18.0 Å². The molecule has 6 nitrogen and oxygen atoms in total. The minimum Gasteiger partial charge on any atom is -0.351 e. The zero-order valence-electron chi connectivity index (χ0n) is 13.6. The van der Waals surface area contributed by atoms with E-state index in [1.807, 2.05) is 24.3 Å². The van der Waals surface area contributed by atoms with E-state index < -0.39 is 0 Å². The third-order valence-corrected chi connectivity index (χ3v) is 4.65. The number of rotatable bonds is 6. The van der Waals surface area contributed by atoms with Crippen LogP contribution in [0.2, 0.25) is 5.02 Å². The Bertz CT molecular complexity index is 693. The molecule has 1 aromatic heterocycles. The highest BCUT2D eigenvalue weighted by atomic mass is 35.5. The van der Waals surface area contributed by atoms with Gasteiger partial charge in [-0.2, -0.15) is 4.98 Å². The summed E-state index contributed by atoms with van der Waals surface area (Å²) in [6, 6.07) is 7.42. The summed E-state index contributed by atoms with van der Waals surface area (Å²) in [6.45, 7) is 2.48. The Balaban J connectivity index is 1.55. The molecule has 0 unspecified atom stereocenters. The van der Waals surface area contributed by atoms with Crippen LogP contribution in [0.3, 0.4) is 0 Å². The van der Waals surface area contributed by atoms with Gasteiger partial charge < -0.3 is 9.84 Å². The van der Waals surface area contributed by atoms with Crippen molar-refractivity contribution in [3.63, 3.8) is 0 Å². The zero-order valence-corrected chi connectivity index (χ0v) is 14.4. The third kappa shape index (κ3) is 3.94. The van der Waals surface area contributed by atoms with Gasteiger partial charge in [-0.3, -0.25) is 10.1 Å². The molecule has 1 aliphatic rings. The van der Waals surface area contributed by atoms with Gasteiger partial charge in [0.05, 0.1) is 12.1 Å². The lowest BCUT2D eigenvalue weighted by atomic mass is 9.96. The summed E-state index contributed by atoms with van der Waals surface area (Å²) in [6.07, 6.45) is 4.01. The van der Waals surface area contributed by atoms with E-state index in [9.17, 15) is 4.79 Å². The van der Waals surface area contributed by atoms with E-state index in [2.05, 4.69) is 20.8 Å². The number of nitrogens with zero attached hydrogens (tertiary/aromatic N) is 2. The SMILES string of the molecule is Cc1nc(C2(NCC(=O)NCc3ccc(Cl)cc3)CCCC2)no1. The first-order valence-electron chi connectivity index (χ1n) is 8.14. The Hall–Kier alpha value is -1.92. The molecule has 1 heterocycles. The normalized spacial score (nSPS) is 16.2. The van der Waals surface area contributed by atoms with Gasteiger partial charge in [-0.25, -0.2) is 0 Å². The van der Waals surface area contributed by atoms with Crippen molar-refractivity contribution in [1.29, 1.82) is 0 Å². The van der Waals surface area contributed by atoms with E-state index >= 15 is 0 Å². The van der Waals surface area contributed by atoms with Crippen LogP contribution >= 0.6 is 11.6 Å². The molecule has 3 rings (SSSR count). The minimum absolute atomic E-state index is 0.0589. The van der Waals surface area contributed by atoms with Crippen LogP contribution in [-0.2, 0) is 16.9 Å². The monoisotopic (exact) mass is 348 g/mol. The lowest BCUT2D eigenvalue weighted by Crippen LogP contribution is -2.46. The average molecular weight is 349 g/mol. The van der Waals surface area contributed by atoms with Crippen molar-refractivity contribution in [2.45, 2.75) is 44.7 Å². The second-order valence-electron chi connectivity index (χ2n) is 6.18. The third-order valence-electron chi connectivity index (χ3n) is 4.40. The smallest absolute Gasteiger partial charge is 0.234 e. The number of amides is 1. The number of hydrogen-bond donors (Lipinski definition) is 2. The molecule has 0 atom stereocenters. The van der Waals surface area contributed by atoms with Gasteiger partial charge >= 0.3 is 0 Å². The summed E-state index contributed by atoms with van der Waals surface area (Å²) in [4.78, 5) is 16.5. The number of carbonyl (C=O) groups is 1. The maximum atomic E-state index is 12.2. The minimum atomic E-state index is -0.352. The molecule has 0 bridgehead atoms. The number of nitrogens with one attached hydrogen (secondary N) is 2. The fourth-order valence-electron chi connectivity index (χ4n) is 3.07. The molecule has 0 spiro atoms.